The van der Waals surface area contributed by atoms with E-state index in [0.717, 1.165) is 77.8 Å². The van der Waals surface area contributed by atoms with Gasteiger partial charge in [-0.15, -0.1) is 0 Å². The van der Waals surface area contributed by atoms with Crippen molar-refractivity contribution in [3.05, 3.63) is 205 Å². The lowest BCUT2D eigenvalue weighted by atomic mass is 9.82. The van der Waals surface area contributed by atoms with E-state index >= 15 is 0 Å². The van der Waals surface area contributed by atoms with E-state index in [4.69, 9.17) is 14.4 Å². The Bertz CT molecular complexity index is 3180. The van der Waals surface area contributed by atoms with Gasteiger partial charge in [-0.2, -0.15) is 0 Å². The second-order valence-corrected chi connectivity index (χ2v) is 15.8. The molecule has 3 nitrogen and oxygen atoms in total. The van der Waals surface area contributed by atoms with Crippen LogP contribution in [-0.2, 0) is 5.41 Å². The number of rotatable bonds is 6. The maximum Gasteiger partial charge on any atom is 0.160 e. The first kappa shape index (κ1) is 33.9. The molecule has 1 aliphatic carbocycles. The molecule has 1 aliphatic rings. The summed E-state index contributed by atoms with van der Waals surface area (Å²) < 4.78 is 6.55. The first-order valence-electron chi connectivity index (χ1n) is 19.9. The van der Waals surface area contributed by atoms with Crippen molar-refractivity contribution in [2.75, 3.05) is 0 Å². The average Bonchev–Trinajstić information content (AvgIpc) is 3.78. The van der Waals surface area contributed by atoms with Crippen molar-refractivity contribution in [3.8, 4) is 78.4 Å². The van der Waals surface area contributed by atoms with Gasteiger partial charge in [0.05, 0.1) is 11.4 Å². The summed E-state index contributed by atoms with van der Waals surface area (Å²) in [7, 11) is 0. The van der Waals surface area contributed by atoms with Gasteiger partial charge in [-0.25, -0.2) is 9.97 Å². The van der Waals surface area contributed by atoms with Crippen LogP contribution in [0.2, 0.25) is 0 Å². The summed E-state index contributed by atoms with van der Waals surface area (Å²) in [6.45, 7) is 4.65. The number of benzene rings is 8. The molecule has 0 atom stereocenters. The molecule has 8 aromatic carbocycles. The molecule has 274 valence electrons. The maximum atomic E-state index is 6.55. The molecule has 0 fully saturated rings. The first-order valence-corrected chi connectivity index (χ1v) is 19.9. The Balaban J connectivity index is 1.05. The van der Waals surface area contributed by atoms with Gasteiger partial charge in [-0.05, 0) is 86.5 Å². The molecule has 0 spiro atoms. The second kappa shape index (κ2) is 13.4. The third-order valence-corrected chi connectivity index (χ3v) is 11.9. The van der Waals surface area contributed by atoms with E-state index in [1.54, 1.807) is 0 Å². The van der Waals surface area contributed by atoms with Crippen LogP contribution in [0.1, 0.15) is 25.0 Å². The van der Waals surface area contributed by atoms with Crippen LogP contribution in [0.3, 0.4) is 0 Å². The lowest BCUT2D eigenvalue weighted by Crippen LogP contribution is -2.14. The van der Waals surface area contributed by atoms with Crippen molar-refractivity contribution in [1.82, 2.24) is 9.97 Å². The van der Waals surface area contributed by atoms with E-state index in [0.29, 0.717) is 5.82 Å². The molecule has 0 bridgehead atoms. The average molecular weight is 743 g/mol. The van der Waals surface area contributed by atoms with Crippen LogP contribution in [0.5, 0.6) is 0 Å². The van der Waals surface area contributed by atoms with Crippen LogP contribution in [-0.4, -0.2) is 9.97 Å². The highest BCUT2D eigenvalue weighted by atomic mass is 16.3. The predicted octanol–water partition coefficient (Wildman–Crippen LogP) is 14.7. The fraction of sp³-hybridized carbons (Fsp3) is 0.0545. The van der Waals surface area contributed by atoms with E-state index in [9.17, 15) is 0 Å². The smallest absolute Gasteiger partial charge is 0.160 e. The molecule has 0 unspecified atom stereocenters. The van der Waals surface area contributed by atoms with Crippen molar-refractivity contribution in [2.45, 2.75) is 19.3 Å². The van der Waals surface area contributed by atoms with Gasteiger partial charge in [0.15, 0.2) is 5.82 Å². The Hall–Kier alpha value is -7.36. The van der Waals surface area contributed by atoms with Crippen molar-refractivity contribution in [3.63, 3.8) is 0 Å². The fourth-order valence-electron chi connectivity index (χ4n) is 8.90. The topological polar surface area (TPSA) is 38.9 Å². The molecule has 3 heteroatoms. The number of para-hydroxylation sites is 2. The summed E-state index contributed by atoms with van der Waals surface area (Å²) in [5.74, 6) is 0.679. The molecule has 0 saturated carbocycles. The van der Waals surface area contributed by atoms with Gasteiger partial charge in [-0.3, -0.25) is 0 Å². The Labute approximate surface area is 338 Å². The molecule has 2 heterocycles. The van der Waals surface area contributed by atoms with Crippen molar-refractivity contribution < 1.29 is 4.42 Å². The molecule has 0 radical (unpaired) electrons. The zero-order valence-electron chi connectivity index (χ0n) is 32.3. The Morgan fingerprint density at radius 1 is 0.362 bits per heavy atom. The SMILES string of the molecule is CC1(C)c2ccccc2-c2cc(-c3ccc(-c4nc(-c5ccccc5)cc(-c5cc(-c6ccccc6)cc(-c6cccc7c6oc6ccccc67)c5)n4)cc3)ccc21. The molecule has 58 heavy (non-hydrogen) atoms. The lowest BCUT2D eigenvalue weighted by molar-refractivity contribution is 0.660. The fourth-order valence-corrected chi connectivity index (χ4v) is 8.90. The minimum absolute atomic E-state index is 0.0186. The summed E-state index contributed by atoms with van der Waals surface area (Å²) in [6, 6.07) is 68.9. The Morgan fingerprint density at radius 2 is 0.931 bits per heavy atom. The molecule has 0 amide bonds. The number of fused-ring (bicyclic) bond motifs is 6. The summed E-state index contributed by atoms with van der Waals surface area (Å²) in [4.78, 5) is 10.5. The minimum Gasteiger partial charge on any atom is -0.455 e. The van der Waals surface area contributed by atoms with E-state index in [2.05, 4.69) is 190 Å². The number of hydrogen-bond acceptors (Lipinski definition) is 3. The predicted molar refractivity (Wildman–Crippen MR) is 239 cm³/mol. The van der Waals surface area contributed by atoms with E-state index in [1.165, 1.54) is 27.8 Å². The van der Waals surface area contributed by atoms with Crippen LogP contribution in [0.25, 0.3) is 100 Å². The normalized spacial score (nSPS) is 12.8. The zero-order valence-corrected chi connectivity index (χ0v) is 32.3. The second-order valence-electron chi connectivity index (χ2n) is 15.8. The summed E-state index contributed by atoms with van der Waals surface area (Å²) in [6.07, 6.45) is 0. The van der Waals surface area contributed by atoms with Crippen molar-refractivity contribution in [1.29, 1.82) is 0 Å². The van der Waals surface area contributed by atoms with Gasteiger partial charge in [0.1, 0.15) is 11.2 Å². The van der Waals surface area contributed by atoms with Crippen LogP contribution in [0, 0.1) is 0 Å². The molecule has 11 rings (SSSR count). The number of nitrogens with zero attached hydrogens (tertiary/aromatic N) is 2. The van der Waals surface area contributed by atoms with Gasteiger partial charge < -0.3 is 4.42 Å². The summed E-state index contributed by atoms with van der Waals surface area (Å²) in [5.41, 5.74) is 18.6. The summed E-state index contributed by atoms with van der Waals surface area (Å²) >= 11 is 0. The van der Waals surface area contributed by atoms with Gasteiger partial charge in [-0.1, -0.05) is 172 Å². The van der Waals surface area contributed by atoms with E-state index < -0.39 is 0 Å². The monoisotopic (exact) mass is 742 g/mol. The largest absolute Gasteiger partial charge is 0.455 e. The molecule has 2 aromatic heterocycles. The standard InChI is InChI=1S/C55H38N2O/c1-55(2)48-22-11-9-18-44(48)47-33-39(28-29-49(47)55)36-24-26-38(27-25-36)54-56-50(37-16-7-4-8-17-37)34-51(57-54)42-31-40(35-14-5-3-6-15-35)30-41(32-42)43-20-13-21-46-45-19-10-12-23-52(45)58-53(43)46/h3-34H,1-2H3. The lowest BCUT2D eigenvalue weighted by Gasteiger charge is -2.21. The van der Waals surface area contributed by atoms with Gasteiger partial charge in [0, 0.05) is 38.4 Å². The zero-order chi connectivity index (χ0) is 38.8. The number of aromatic nitrogens is 2. The molecular formula is C55H38N2O. The number of furan rings is 1. The van der Waals surface area contributed by atoms with Gasteiger partial charge in [0.25, 0.3) is 0 Å². The molecular weight excluding hydrogens is 705 g/mol. The molecule has 0 aliphatic heterocycles. The third kappa shape index (κ3) is 5.66. The third-order valence-electron chi connectivity index (χ3n) is 11.9. The molecule has 10 aromatic rings. The minimum atomic E-state index is -0.0186. The van der Waals surface area contributed by atoms with E-state index in [1.807, 2.05) is 18.2 Å². The highest BCUT2D eigenvalue weighted by Gasteiger charge is 2.35. The Kier molecular flexibility index (Phi) is 7.84. The molecule has 0 saturated heterocycles. The van der Waals surface area contributed by atoms with E-state index in [-0.39, 0.29) is 5.41 Å². The first-order chi connectivity index (χ1) is 28.5. The van der Waals surface area contributed by atoms with Crippen molar-refractivity contribution >= 4 is 21.9 Å². The van der Waals surface area contributed by atoms with Crippen LogP contribution in [0.15, 0.2) is 199 Å². The number of hydrogen-bond donors (Lipinski definition) is 0. The maximum absolute atomic E-state index is 6.55. The Morgan fingerprint density at radius 3 is 1.74 bits per heavy atom. The van der Waals surface area contributed by atoms with Crippen LogP contribution >= 0.6 is 0 Å². The quantitative estimate of drug-likeness (QED) is 0.170. The molecule has 0 N–H and O–H groups in total. The van der Waals surface area contributed by atoms with Gasteiger partial charge in [0.2, 0.25) is 0 Å². The van der Waals surface area contributed by atoms with Crippen LogP contribution < -0.4 is 0 Å². The van der Waals surface area contributed by atoms with Gasteiger partial charge >= 0.3 is 0 Å². The highest BCUT2D eigenvalue weighted by molar-refractivity contribution is 6.09. The summed E-state index contributed by atoms with van der Waals surface area (Å²) in [5, 5.41) is 2.22. The van der Waals surface area contributed by atoms with Crippen molar-refractivity contribution in [2.24, 2.45) is 0 Å². The highest BCUT2D eigenvalue weighted by Crippen LogP contribution is 2.49. The van der Waals surface area contributed by atoms with Crippen LogP contribution in [0.4, 0.5) is 0 Å².